The molecule has 0 aliphatic carbocycles. The van der Waals surface area contributed by atoms with E-state index in [-0.39, 0.29) is 23.6 Å². The van der Waals surface area contributed by atoms with Gasteiger partial charge in [-0.3, -0.25) is 4.79 Å². The van der Waals surface area contributed by atoms with Crippen LogP contribution in [0.4, 0.5) is 22.0 Å². The van der Waals surface area contributed by atoms with Crippen LogP contribution in [0.25, 0.3) is 5.52 Å². The van der Waals surface area contributed by atoms with Crippen molar-refractivity contribution in [3.8, 4) is 0 Å². The fourth-order valence-electron chi connectivity index (χ4n) is 3.93. The molecule has 33 heavy (non-hydrogen) atoms. The van der Waals surface area contributed by atoms with E-state index < -0.39 is 35.9 Å². The molecule has 1 N–H and O–H groups in total. The van der Waals surface area contributed by atoms with Crippen molar-refractivity contribution in [3.05, 3.63) is 65.0 Å². The number of alkyl halides is 5. The number of nitrogens with one attached hydrogen (secondary N) is 1. The maximum Gasteiger partial charge on any atom is 0.416 e. The minimum atomic E-state index is -4.53. The summed E-state index contributed by atoms with van der Waals surface area (Å²) >= 11 is 0. The third kappa shape index (κ3) is 3.50. The van der Waals surface area contributed by atoms with Crippen LogP contribution in [0.1, 0.15) is 51.6 Å². The van der Waals surface area contributed by atoms with E-state index in [4.69, 9.17) is 0 Å². The zero-order valence-electron chi connectivity index (χ0n) is 16.9. The molecular weight excluding hydrogens is 451 g/mol. The number of hydrogen-bond acceptors (Lipinski definition) is 5. The van der Waals surface area contributed by atoms with Crippen molar-refractivity contribution in [2.24, 2.45) is 7.05 Å². The first-order valence-electron chi connectivity index (χ1n) is 9.72. The Balaban J connectivity index is 1.59. The quantitative estimate of drug-likeness (QED) is 0.469. The molecule has 5 rings (SSSR count). The third-order valence-electron chi connectivity index (χ3n) is 5.44. The summed E-state index contributed by atoms with van der Waals surface area (Å²) in [7, 11) is 1.33. The lowest BCUT2D eigenvalue weighted by atomic mass is 9.99. The number of halogens is 5. The fourth-order valence-corrected chi connectivity index (χ4v) is 3.93. The summed E-state index contributed by atoms with van der Waals surface area (Å²) in [5.74, 6) is -1.75. The van der Waals surface area contributed by atoms with Gasteiger partial charge in [-0.2, -0.15) is 18.3 Å². The molecule has 4 aromatic rings. The van der Waals surface area contributed by atoms with Gasteiger partial charge >= 0.3 is 6.18 Å². The van der Waals surface area contributed by atoms with Crippen molar-refractivity contribution in [1.29, 1.82) is 0 Å². The summed E-state index contributed by atoms with van der Waals surface area (Å²) in [4.78, 5) is 25.6. The number of H-pyrrole nitrogens is 1. The monoisotopic (exact) mass is 466 g/mol. The van der Waals surface area contributed by atoms with E-state index >= 15 is 0 Å². The average Bonchev–Trinajstić information content (AvgIpc) is 3.48. The van der Waals surface area contributed by atoms with Crippen molar-refractivity contribution in [3.63, 3.8) is 0 Å². The molecule has 0 spiro atoms. The summed E-state index contributed by atoms with van der Waals surface area (Å²) in [6, 6.07) is 2.42. The molecule has 0 unspecified atom stereocenters. The van der Waals surface area contributed by atoms with Gasteiger partial charge in [-0.1, -0.05) is 0 Å². The van der Waals surface area contributed by atoms with Crippen molar-refractivity contribution in [2.75, 3.05) is 6.54 Å². The first-order valence-corrected chi connectivity index (χ1v) is 9.72. The van der Waals surface area contributed by atoms with E-state index in [1.165, 1.54) is 35.1 Å². The van der Waals surface area contributed by atoms with Crippen LogP contribution >= 0.6 is 0 Å². The molecule has 1 aliphatic rings. The molecule has 0 radical (unpaired) electrons. The molecule has 1 aliphatic heterocycles. The SMILES string of the molecule is Cn1nc(C(F)F)nc1C(=O)N1CCc2[nH]cnc2[C@@H]1c1cc2cc(C(F)(F)F)ccn2n1. The van der Waals surface area contributed by atoms with Crippen molar-refractivity contribution in [1.82, 2.24) is 39.2 Å². The Labute approximate surface area is 181 Å². The average molecular weight is 466 g/mol. The van der Waals surface area contributed by atoms with Gasteiger partial charge in [-0.25, -0.2) is 27.9 Å². The molecule has 4 aromatic heterocycles. The van der Waals surface area contributed by atoms with E-state index in [1.54, 1.807) is 0 Å². The number of fused-ring (bicyclic) bond motifs is 2. The summed E-state index contributed by atoms with van der Waals surface area (Å²) in [5, 5.41) is 7.94. The van der Waals surface area contributed by atoms with E-state index in [9.17, 15) is 26.7 Å². The standard InChI is InChI=1S/C19H15F5N8O/c1-30-17(27-16(29-30)15(20)21)18(33)31-4-3-11-13(26-8-25-11)14(31)12-7-10-6-9(19(22,23)24)2-5-32(10)28-12/h2,5-8,14-15H,3-4H2,1H3,(H,25,26)/t14-/m0/s1. The normalized spacial score (nSPS) is 16.6. The van der Waals surface area contributed by atoms with Crippen LogP contribution in [0, 0.1) is 0 Å². The number of amides is 1. The highest BCUT2D eigenvalue weighted by atomic mass is 19.4. The van der Waals surface area contributed by atoms with Crippen LogP contribution in [-0.2, 0) is 19.6 Å². The fraction of sp³-hybridized carbons (Fsp3) is 0.316. The molecule has 172 valence electrons. The van der Waals surface area contributed by atoms with Crippen molar-refractivity contribution in [2.45, 2.75) is 25.1 Å². The van der Waals surface area contributed by atoms with E-state index in [0.717, 1.165) is 22.5 Å². The number of carbonyl (C=O) groups is 1. The molecule has 0 fully saturated rings. The molecule has 1 atom stereocenters. The lowest BCUT2D eigenvalue weighted by Gasteiger charge is -2.33. The minimum absolute atomic E-state index is 0.175. The van der Waals surface area contributed by atoms with Gasteiger partial charge in [0.15, 0.2) is 0 Å². The first-order chi connectivity index (χ1) is 15.6. The molecule has 9 nitrogen and oxygen atoms in total. The zero-order valence-corrected chi connectivity index (χ0v) is 16.9. The topological polar surface area (TPSA) is 97.0 Å². The largest absolute Gasteiger partial charge is 0.416 e. The van der Waals surface area contributed by atoms with E-state index in [0.29, 0.717) is 12.1 Å². The van der Waals surface area contributed by atoms with Gasteiger partial charge in [0.25, 0.3) is 12.3 Å². The molecule has 1 amide bonds. The lowest BCUT2D eigenvalue weighted by Crippen LogP contribution is -2.42. The summed E-state index contributed by atoms with van der Waals surface area (Å²) in [6.45, 7) is 0.178. The highest BCUT2D eigenvalue weighted by Crippen LogP contribution is 2.35. The molecule has 0 saturated carbocycles. The summed E-state index contributed by atoms with van der Waals surface area (Å²) < 4.78 is 67.7. The Morgan fingerprint density at radius 1 is 1.24 bits per heavy atom. The molecular formula is C19H15F5N8O. The first kappa shape index (κ1) is 21.0. The lowest BCUT2D eigenvalue weighted by molar-refractivity contribution is -0.137. The third-order valence-corrected chi connectivity index (χ3v) is 5.44. The van der Waals surface area contributed by atoms with Gasteiger partial charge in [0.1, 0.15) is 6.04 Å². The van der Waals surface area contributed by atoms with Crippen molar-refractivity contribution < 1.29 is 26.7 Å². The molecule has 0 saturated heterocycles. The second kappa shape index (κ2) is 7.35. The van der Waals surface area contributed by atoms with Crippen molar-refractivity contribution >= 4 is 11.4 Å². The predicted octanol–water partition coefficient (Wildman–Crippen LogP) is 2.93. The number of imidazole rings is 1. The number of nitrogens with zero attached hydrogens (tertiary/aromatic N) is 7. The van der Waals surface area contributed by atoms with Gasteiger partial charge < -0.3 is 9.88 Å². The van der Waals surface area contributed by atoms with Crippen LogP contribution in [-0.4, -0.2) is 51.7 Å². The predicted molar refractivity (Wildman–Crippen MR) is 101 cm³/mol. The maximum absolute atomic E-state index is 13.3. The summed E-state index contributed by atoms with van der Waals surface area (Å²) in [5.41, 5.74) is 0.811. The smallest absolute Gasteiger partial charge is 0.348 e. The van der Waals surface area contributed by atoms with Gasteiger partial charge in [0.2, 0.25) is 11.6 Å². The zero-order chi connectivity index (χ0) is 23.5. The Hall–Kier alpha value is -3.84. The highest BCUT2D eigenvalue weighted by Gasteiger charge is 2.38. The second-order valence-electron chi connectivity index (χ2n) is 7.49. The van der Waals surface area contributed by atoms with Crippen LogP contribution < -0.4 is 0 Å². The Kier molecular flexibility index (Phi) is 4.68. The van der Waals surface area contributed by atoms with Crippen LogP contribution in [0.2, 0.25) is 0 Å². The minimum Gasteiger partial charge on any atom is -0.348 e. The number of aromatic nitrogens is 7. The number of pyridine rings is 1. The number of aromatic amines is 1. The molecule has 0 bridgehead atoms. The highest BCUT2D eigenvalue weighted by molar-refractivity contribution is 5.91. The molecule has 5 heterocycles. The number of hydrogen-bond donors (Lipinski definition) is 1. The number of rotatable bonds is 3. The van der Waals surface area contributed by atoms with Gasteiger partial charge in [0, 0.05) is 31.9 Å². The van der Waals surface area contributed by atoms with Crippen LogP contribution in [0.3, 0.4) is 0 Å². The van der Waals surface area contributed by atoms with Crippen LogP contribution in [0.5, 0.6) is 0 Å². The van der Waals surface area contributed by atoms with E-state index in [1.807, 2.05) is 0 Å². The Bertz CT molecular complexity index is 1350. The number of aryl methyl sites for hydroxylation is 1. The van der Waals surface area contributed by atoms with Gasteiger partial charge in [-0.05, 0) is 18.2 Å². The van der Waals surface area contributed by atoms with Gasteiger partial charge in [0.05, 0.1) is 28.8 Å². The molecule has 14 heteroatoms. The second-order valence-corrected chi connectivity index (χ2v) is 7.49. The number of carbonyl (C=O) groups excluding carboxylic acids is 1. The summed E-state index contributed by atoms with van der Waals surface area (Å²) in [6.07, 6.45) is -4.45. The van der Waals surface area contributed by atoms with E-state index in [2.05, 4.69) is 25.1 Å². The molecule has 0 aromatic carbocycles. The van der Waals surface area contributed by atoms with Gasteiger partial charge in [-0.15, -0.1) is 5.10 Å². The maximum atomic E-state index is 13.3. The van der Waals surface area contributed by atoms with Crippen LogP contribution in [0.15, 0.2) is 30.7 Å². The Morgan fingerprint density at radius 2 is 2.03 bits per heavy atom. The Morgan fingerprint density at radius 3 is 2.73 bits per heavy atom.